The molecule has 1 fully saturated rings. The third-order valence-electron chi connectivity index (χ3n) is 7.27. The summed E-state index contributed by atoms with van der Waals surface area (Å²) in [5.74, 6) is -1.25. The number of para-hydroxylation sites is 1. The molecule has 0 atom stereocenters. The minimum atomic E-state index is -3.18. The van der Waals surface area contributed by atoms with Gasteiger partial charge in [0.15, 0.2) is 22.4 Å². The number of rotatable bonds is 8. The molecule has 14 heteroatoms. The normalized spacial score (nSPS) is 14.3. The number of fused-ring (bicyclic) bond motifs is 1. The molecule has 4 N–H and O–H groups in total. The van der Waals surface area contributed by atoms with Gasteiger partial charge in [0.1, 0.15) is 17.1 Å². The number of nitrogens with two attached hydrogens (primary N) is 1. The van der Waals surface area contributed by atoms with Crippen LogP contribution in [0.15, 0.2) is 66.9 Å². The second kappa shape index (κ2) is 11.0. The Hall–Kier alpha value is -5.37. The number of nitrogen functional groups attached to an aromatic ring is 1. The maximum atomic E-state index is 14.0. The Kier molecular flexibility index (Phi) is 7.23. The van der Waals surface area contributed by atoms with Crippen LogP contribution in [0.25, 0.3) is 16.6 Å². The van der Waals surface area contributed by atoms with Gasteiger partial charge in [0.05, 0.1) is 28.8 Å². The molecule has 10 nitrogen and oxygen atoms in total. The number of H-pyrrole nitrogens is 1. The SMILES string of the molecule is Cc1cc(Oc2ccccc2F)ccc1-n1ncc(C(=O)c2cc3cc(OC(F)F)c(N4C(=O)C(C)(C)NC4=S)cc3[nH]2)c1N. The van der Waals surface area contributed by atoms with Crippen molar-refractivity contribution in [3.05, 3.63) is 89.5 Å². The molecule has 1 aliphatic rings. The molecule has 1 aliphatic heterocycles. The molecule has 1 amide bonds. The van der Waals surface area contributed by atoms with Crippen molar-refractivity contribution in [3.8, 4) is 22.9 Å². The van der Waals surface area contributed by atoms with Gasteiger partial charge in [0, 0.05) is 10.9 Å². The number of hydrogen-bond acceptors (Lipinski definition) is 7. The number of thiocarbonyl (C=S) groups is 1. The summed E-state index contributed by atoms with van der Waals surface area (Å²) in [6, 6.07) is 15.2. The van der Waals surface area contributed by atoms with E-state index in [0.29, 0.717) is 27.9 Å². The van der Waals surface area contributed by atoms with Gasteiger partial charge in [-0.05, 0) is 87.1 Å². The molecule has 5 aromatic rings. The third-order valence-corrected chi connectivity index (χ3v) is 7.56. The number of ketones is 1. The highest BCUT2D eigenvalue weighted by Gasteiger charge is 2.44. The van der Waals surface area contributed by atoms with E-state index in [-0.39, 0.29) is 39.4 Å². The van der Waals surface area contributed by atoms with Gasteiger partial charge in [-0.15, -0.1) is 0 Å². The topological polar surface area (TPSA) is 128 Å². The highest BCUT2D eigenvalue weighted by molar-refractivity contribution is 7.80. The molecule has 0 unspecified atom stereocenters. The van der Waals surface area contributed by atoms with Crippen molar-refractivity contribution >= 4 is 51.4 Å². The summed E-state index contributed by atoms with van der Waals surface area (Å²) in [5, 5.41) is 7.56. The van der Waals surface area contributed by atoms with Crippen LogP contribution in [0.5, 0.6) is 17.2 Å². The molecule has 0 saturated carbocycles. The predicted octanol–water partition coefficient (Wildman–Crippen LogP) is 6.01. The van der Waals surface area contributed by atoms with Gasteiger partial charge in [0.25, 0.3) is 5.91 Å². The van der Waals surface area contributed by atoms with Gasteiger partial charge in [-0.25, -0.2) is 9.07 Å². The number of nitrogens with one attached hydrogen (secondary N) is 2. The summed E-state index contributed by atoms with van der Waals surface area (Å²) in [4.78, 5) is 30.7. The molecule has 230 valence electrons. The van der Waals surface area contributed by atoms with Crippen LogP contribution in [0.2, 0.25) is 0 Å². The van der Waals surface area contributed by atoms with Crippen LogP contribution in [-0.4, -0.2) is 43.7 Å². The van der Waals surface area contributed by atoms with Crippen molar-refractivity contribution in [1.29, 1.82) is 0 Å². The van der Waals surface area contributed by atoms with Gasteiger partial charge < -0.3 is 25.5 Å². The Morgan fingerprint density at radius 2 is 1.82 bits per heavy atom. The molecule has 3 heterocycles. The largest absolute Gasteiger partial charge is 0.454 e. The van der Waals surface area contributed by atoms with Gasteiger partial charge in [-0.2, -0.15) is 13.9 Å². The fraction of sp³-hybridized carbons (Fsp3) is 0.161. The van der Waals surface area contributed by atoms with Gasteiger partial charge in [-0.1, -0.05) is 12.1 Å². The smallest absolute Gasteiger partial charge is 0.387 e. The van der Waals surface area contributed by atoms with Crippen LogP contribution in [0.4, 0.5) is 24.7 Å². The zero-order chi connectivity index (χ0) is 32.2. The van der Waals surface area contributed by atoms with E-state index in [9.17, 15) is 22.8 Å². The molecule has 45 heavy (non-hydrogen) atoms. The number of aromatic amines is 1. The fourth-order valence-corrected chi connectivity index (χ4v) is 5.49. The number of nitrogens with zero attached hydrogens (tertiary/aromatic N) is 3. The van der Waals surface area contributed by atoms with Crippen LogP contribution in [0.1, 0.15) is 35.5 Å². The van der Waals surface area contributed by atoms with Crippen molar-refractivity contribution < 1.29 is 32.2 Å². The number of carbonyl (C=O) groups excluding carboxylic acids is 2. The lowest BCUT2D eigenvalue weighted by molar-refractivity contribution is -0.121. The highest BCUT2D eigenvalue weighted by atomic mass is 32.1. The van der Waals surface area contributed by atoms with Crippen LogP contribution in [-0.2, 0) is 4.79 Å². The predicted molar refractivity (Wildman–Crippen MR) is 165 cm³/mol. The van der Waals surface area contributed by atoms with E-state index in [1.165, 1.54) is 41.2 Å². The molecule has 0 bridgehead atoms. The maximum Gasteiger partial charge on any atom is 0.387 e. The summed E-state index contributed by atoms with van der Waals surface area (Å²) in [6.07, 6.45) is 1.32. The van der Waals surface area contributed by atoms with Crippen LogP contribution >= 0.6 is 12.2 Å². The Bertz CT molecular complexity index is 2020. The first-order chi connectivity index (χ1) is 21.3. The second-order valence-corrected chi connectivity index (χ2v) is 11.2. The molecule has 0 spiro atoms. The van der Waals surface area contributed by atoms with E-state index >= 15 is 0 Å². The standard InChI is InChI=1S/C31H25F3N6O4S/c1-15-10-17(43-24-7-5-4-6-19(24)32)8-9-22(15)40-27(35)18(14-36-40)26(41)21-11-16-12-25(44-29(33)34)23(13-20(16)37-21)39-28(42)31(2,3)38-30(39)45/h4-14,29,37H,35H2,1-3H3,(H,38,45). The lowest BCUT2D eigenvalue weighted by Gasteiger charge is -2.20. The van der Waals surface area contributed by atoms with E-state index in [4.69, 9.17) is 27.4 Å². The molecule has 2 aromatic heterocycles. The van der Waals surface area contributed by atoms with Crippen molar-refractivity contribution in [2.24, 2.45) is 0 Å². The average Bonchev–Trinajstić information content (AvgIpc) is 3.62. The number of carbonyl (C=O) groups is 2. The number of aryl methyl sites for hydroxylation is 1. The number of hydrogen-bond donors (Lipinski definition) is 3. The quantitative estimate of drug-likeness (QED) is 0.140. The minimum Gasteiger partial charge on any atom is -0.454 e. The monoisotopic (exact) mass is 634 g/mol. The zero-order valence-electron chi connectivity index (χ0n) is 24.0. The number of benzene rings is 3. The van der Waals surface area contributed by atoms with Gasteiger partial charge in [0.2, 0.25) is 5.78 Å². The van der Waals surface area contributed by atoms with Crippen LogP contribution in [0.3, 0.4) is 0 Å². The molecule has 3 aromatic carbocycles. The molecule has 0 radical (unpaired) electrons. The Morgan fingerprint density at radius 3 is 2.49 bits per heavy atom. The maximum absolute atomic E-state index is 14.0. The first kappa shape index (κ1) is 29.7. The molecule has 1 saturated heterocycles. The van der Waals surface area contributed by atoms with Crippen molar-refractivity contribution in [3.63, 3.8) is 0 Å². The summed E-state index contributed by atoms with van der Waals surface area (Å²) < 4.78 is 52.5. The summed E-state index contributed by atoms with van der Waals surface area (Å²) >= 11 is 5.30. The third kappa shape index (κ3) is 5.33. The Labute approximate surface area is 259 Å². The average molecular weight is 635 g/mol. The summed E-state index contributed by atoms with van der Waals surface area (Å²) in [7, 11) is 0. The van der Waals surface area contributed by atoms with Crippen molar-refractivity contribution in [2.75, 3.05) is 10.6 Å². The van der Waals surface area contributed by atoms with E-state index < -0.39 is 29.7 Å². The number of halogens is 3. The first-order valence-electron chi connectivity index (χ1n) is 13.5. The summed E-state index contributed by atoms with van der Waals surface area (Å²) in [6.45, 7) is 1.83. The van der Waals surface area contributed by atoms with E-state index in [1.54, 1.807) is 51.1 Å². The Morgan fingerprint density at radius 1 is 1.07 bits per heavy atom. The van der Waals surface area contributed by atoms with E-state index in [1.807, 2.05) is 0 Å². The number of ether oxygens (including phenoxy) is 2. The molecular formula is C31H25F3N6O4S. The fourth-order valence-electron chi connectivity index (χ4n) is 5.06. The van der Waals surface area contributed by atoms with Gasteiger partial charge >= 0.3 is 6.61 Å². The first-order valence-corrected chi connectivity index (χ1v) is 13.9. The van der Waals surface area contributed by atoms with Crippen molar-refractivity contribution in [2.45, 2.75) is 32.9 Å². The highest BCUT2D eigenvalue weighted by Crippen LogP contribution is 2.38. The van der Waals surface area contributed by atoms with E-state index in [2.05, 4.69) is 15.4 Å². The number of amides is 1. The summed E-state index contributed by atoms with van der Waals surface area (Å²) in [5.41, 5.74) is 7.09. The molecule has 6 rings (SSSR count). The lowest BCUT2D eigenvalue weighted by Crippen LogP contribution is -2.40. The minimum absolute atomic E-state index is 0.0121. The lowest BCUT2D eigenvalue weighted by atomic mass is 10.1. The van der Waals surface area contributed by atoms with Crippen molar-refractivity contribution in [1.82, 2.24) is 20.1 Å². The van der Waals surface area contributed by atoms with Crippen LogP contribution in [0, 0.1) is 12.7 Å². The number of alkyl halides is 2. The second-order valence-electron chi connectivity index (χ2n) is 10.8. The van der Waals surface area contributed by atoms with E-state index in [0.717, 1.165) is 4.90 Å². The Balaban J connectivity index is 1.32. The van der Waals surface area contributed by atoms with Crippen LogP contribution < -0.4 is 25.4 Å². The molecule has 0 aliphatic carbocycles. The number of aromatic nitrogens is 3. The zero-order valence-corrected chi connectivity index (χ0v) is 24.8. The number of anilines is 2. The molecular weight excluding hydrogens is 609 g/mol. The van der Waals surface area contributed by atoms with Gasteiger partial charge in [-0.3, -0.25) is 14.5 Å².